The van der Waals surface area contributed by atoms with Gasteiger partial charge >= 0.3 is 0 Å². The second-order valence-corrected chi connectivity index (χ2v) is 15.9. The van der Waals surface area contributed by atoms with Crippen molar-refractivity contribution in [2.45, 2.75) is 5.41 Å². The molecule has 1 aromatic heterocycles. The number of hydrogen-bond acceptors (Lipinski definition) is 2. The Labute approximate surface area is 353 Å². The standard InChI is InChI=1S/C57H35NO.8H2/c1-2-15-41-36(13-1)27-28-38-14-11-25-53(55(38)41)58(39-31-29-37(30-32-39)42-20-12-21-48-47-19-6-10-26-54(47)59-56(42)48)40-33-34-46-45-18-5-9-24-51(45)57(52(46)35-40)49-22-7-3-16-43(49)44-17-4-8-23-50(44)57;;;;;;;;/h1-35H;8*1H. The number of fused-ring (bicyclic) bond motifs is 16. The zero-order valence-electron chi connectivity index (χ0n) is 32.1. The Morgan fingerprint density at radius 2 is 0.915 bits per heavy atom. The molecule has 11 aromatic rings. The predicted molar refractivity (Wildman–Crippen MR) is 262 cm³/mol. The van der Waals surface area contributed by atoms with Crippen LogP contribution in [0.5, 0.6) is 0 Å². The van der Waals surface area contributed by atoms with Crippen LogP contribution in [0.4, 0.5) is 17.1 Å². The highest BCUT2D eigenvalue weighted by atomic mass is 16.3. The molecule has 0 atom stereocenters. The lowest BCUT2D eigenvalue weighted by Gasteiger charge is -2.32. The lowest BCUT2D eigenvalue weighted by molar-refractivity contribution is 0.670. The maximum Gasteiger partial charge on any atom is 0.143 e. The van der Waals surface area contributed by atoms with Crippen molar-refractivity contribution in [1.29, 1.82) is 0 Å². The molecule has 0 N–H and O–H groups in total. The van der Waals surface area contributed by atoms with E-state index in [1.807, 2.05) is 6.07 Å². The quantitative estimate of drug-likeness (QED) is 0.166. The normalized spacial score (nSPS) is 13.2. The van der Waals surface area contributed by atoms with Gasteiger partial charge in [0.1, 0.15) is 11.2 Å². The van der Waals surface area contributed by atoms with Crippen molar-refractivity contribution >= 4 is 60.5 Å². The van der Waals surface area contributed by atoms with E-state index in [0.717, 1.165) is 50.1 Å². The van der Waals surface area contributed by atoms with E-state index in [4.69, 9.17) is 4.42 Å². The van der Waals surface area contributed by atoms with Gasteiger partial charge in [-0.25, -0.2) is 0 Å². The third-order valence-corrected chi connectivity index (χ3v) is 13.1. The topological polar surface area (TPSA) is 16.4 Å². The number of rotatable bonds is 4. The smallest absolute Gasteiger partial charge is 0.143 e. The number of para-hydroxylation sites is 2. The van der Waals surface area contributed by atoms with Gasteiger partial charge < -0.3 is 9.32 Å². The Morgan fingerprint density at radius 1 is 0.373 bits per heavy atom. The Hall–Kier alpha value is -7.68. The van der Waals surface area contributed by atoms with E-state index >= 15 is 0 Å². The van der Waals surface area contributed by atoms with E-state index in [9.17, 15) is 0 Å². The maximum absolute atomic E-state index is 6.50. The molecule has 59 heavy (non-hydrogen) atoms. The summed E-state index contributed by atoms with van der Waals surface area (Å²) in [4.78, 5) is 2.48. The Balaban J connectivity index is 0.00000105. The molecular weight excluding hydrogens is 715 g/mol. The summed E-state index contributed by atoms with van der Waals surface area (Å²) in [6.45, 7) is 0. The Bertz CT molecular complexity index is 3490. The Kier molecular flexibility index (Phi) is 6.68. The SMILES string of the molecule is [HH].[HH].[HH].[HH].[HH].[HH].[HH].[HH].c1ccc2c(c1)-c1ccccc1C21c2ccccc2-c2ccc(N(c3ccc(-c4cccc5c4oc4ccccc45)cc3)c3cccc4ccc5ccccc5c34)cc21. The van der Waals surface area contributed by atoms with Crippen molar-refractivity contribution in [2.75, 3.05) is 4.90 Å². The molecule has 0 aliphatic heterocycles. The molecule has 0 fully saturated rings. The predicted octanol–water partition coefficient (Wildman–Crippen LogP) is 17.3. The monoisotopic (exact) mass is 765 g/mol. The molecule has 2 nitrogen and oxygen atoms in total. The minimum absolute atomic E-state index is 0. The summed E-state index contributed by atoms with van der Waals surface area (Å²) in [5.41, 5.74) is 17.5. The molecule has 0 radical (unpaired) electrons. The summed E-state index contributed by atoms with van der Waals surface area (Å²) in [7, 11) is 0. The molecule has 0 unspecified atom stereocenters. The molecular formula is C57H51NO. The lowest BCUT2D eigenvalue weighted by atomic mass is 9.70. The van der Waals surface area contributed by atoms with E-state index in [0.29, 0.717) is 0 Å². The lowest BCUT2D eigenvalue weighted by Crippen LogP contribution is -2.26. The molecule has 0 saturated heterocycles. The molecule has 2 aliphatic rings. The van der Waals surface area contributed by atoms with Gasteiger partial charge in [-0.1, -0.05) is 176 Å². The fourth-order valence-corrected chi connectivity index (χ4v) is 10.6. The van der Waals surface area contributed by atoms with E-state index in [-0.39, 0.29) is 11.4 Å². The van der Waals surface area contributed by atoms with Gasteiger partial charge in [0, 0.05) is 44.5 Å². The van der Waals surface area contributed by atoms with Crippen molar-refractivity contribution in [3.05, 3.63) is 235 Å². The van der Waals surface area contributed by atoms with Gasteiger partial charge in [-0.2, -0.15) is 0 Å². The molecule has 290 valence electrons. The molecule has 0 bridgehead atoms. The first kappa shape index (κ1) is 32.4. The van der Waals surface area contributed by atoms with Gasteiger partial charge in [-0.15, -0.1) is 0 Å². The van der Waals surface area contributed by atoms with Crippen molar-refractivity contribution in [3.63, 3.8) is 0 Å². The zero-order chi connectivity index (χ0) is 38.7. The zero-order valence-corrected chi connectivity index (χ0v) is 32.1. The van der Waals surface area contributed by atoms with Crippen LogP contribution in [0.15, 0.2) is 217 Å². The van der Waals surface area contributed by atoms with Crippen LogP contribution in [0.25, 0.3) is 76.9 Å². The van der Waals surface area contributed by atoms with Gasteiger partial charge in [-0.05, 0) is 103 Å². The number of anilines is 3. The first-order valence-electron chi connectivity index (χ1n) is 20.4. The summed E-state index contributed by atoms with van der Waals surface area (Å²) >= 11 is 0. The molecule has 1 heterocycles. The minimum atomic E-state index is -0.443. The van der Waals surface area contributed by atoms with Gasteiger partial charge in [0.15, 0.2) is 0 Å². The van der Waals surface area contributed by atoms with Crippen LogP contribution in [0.1, 0.15) is 33.7 Å². The number of benzene rings is 10. The van der Waals surface area contributed by atoms with Crippen LogP contribution < -0.4 is 4.90 Å². The van der Waals surface area contributed by atoms with Crippen LogP contribution in [-0.2, 0) is 5.41 Å². The van der Waals surface area contributed by atoms with Crippen molar-refractivity contribution < 1.29 is 15.8 Å². The number of hydrogen-bond donors (Lipinski definition) is 0. The molecule has 10 aromatic carbocycles. The average Bonchev–Trinajstić information content (AvgIpc) is 3.93. The van der Waals surface area contributed by atoms with Crippen molar-refractivity contribution in [3.8, 4) is 33.4 Å². The molecule has 0 amide bonds. The van der Waals surface area contributed by atoms with Crippen LogP contribution in [0, 0.1) is 0 Å². The highest BCUT2D eigenvalue weighted by Crippen LogP contribution is 2.63. The summed E-state index contributed by atoms with van der Waals surface area (Å²) in [5.74, 6) is 0. The van der Waals surface area contributed by atoms with Crippen LogP contribution >= 0.6 is 0 Å². The van der Waals surface area contributed by atoms with Gasteiger partial charge in [-0.3, -0.25) is 0 Å². The van der Waals surface area contributed by atoms with Gasteiger partial charge in [0.05, 0.1) is 11.1 Å². The van der Waals surface area contributed by atoms with Gasteiger partial charge in [0.25, 0.3) is 0 Å². The second kappa shape index (κ2) is 12.2. The second-order valence-electron chi connectivity index (χ2n) is 15.9. The molecule has 13 rings (SSSR count). The van der Waals surface area contributed by atoms with E-state index in [1.165, 1.54) is 66.1 Å². The van der Waals surface area contributed by atoms with Crippen LogP contribution in [-0.4, -0.2) is 0 Å². The van der Waals surface area contributed by atoms with Crippen LogP contribution in [0.3, 0.4) is 0 Å². The fraction of sp³-hybridized carbons (Fsp3) is 0.0175. The number of nitrogens with zero attached hydrogens (tertiary/aromatic N) is 1. The fourth-order valence-electron chi connectivity index (χ4n) is 10.6. The molecule has 1 spiro atoms. The van der Waals surface area contributed by atoms with E-state index < -0.39 is 5.41 Å². The maximum atomic E-state index is 6.50. The first-order valence-corrected chi connectivity index (χ1v) is 20.4. The minimum Gasteiger partial charge on any atom is -0.455 e. The van der Waals surface area contributed by atoms with Crippen molar-refractivity contribution in [2.24, 2.45) is 0 Å². The summed E-state index contributed by atoms with van der Waals surface area (Å²) in [5, 5.41) is 7.18. The van der Waals surface area contributed by atoms with Crippen molar-refractivity contribution in [1.82, 2.24) is 0 Å². The first-order chi connectivity index (χ1) is 29.3. The van der Waals surface area contributed by atoms with Crippen LogP contribution in [0.2, 0.25) is 0 Å². The summed E-state index contributed by atoms with van der Waals surface area (Å²) in [6, 6.07) is 78.1. The molecule has 2 aliphatic carbocycles. The summed E-state index contributed by atoms with van der Waals surface area (Å²) in [6.07, 6.45) is 0. The third-order valence-electron chi connectivity index (χ3n) is 13.1. The molecule has 0 saturated carbocycles. The molecule has 2 heteroatoms. The van der Waals surface area contributed by atoms with E-state index in [1.54, 1.807) is 0 Å². The largest absolute Gasteiger partial charge is 0.455 e. The van der Waals surface area contributed by atoms with Gasteiger partial charge in [0.2, 0.25) is 0 Å². The highest BCUT2D eigenvalue weighted by molar-refractivity contribution is 6.15. The number of furan rings is 1. The van der Waals surface area contributed by atoms with E-state index in [2.05, 4.69) is 211 Å². The third kappa shape index (κ3) is 4.40. The highest BCUT2D eigenvalue weighted by Gasteiger charge is 2.51. The Morgan fingerprint density at radius 3 is 1.66 bits per heavy atom. The average molecular weight is 766 g/mol. The summed E-state index contributed by atoms with van der Waals surface area (Å²) < 4.78 is 6.50.